The smallest absolute Gasteiger partial charge is 0.164 e. The van der Waals surface area contributed by atoms with Crippen LogP contribution in [0.5, 0.6) is 11.5 Å². The Bertz CT molecular complexity index is 3200. The normalized spacial score (nSPS) is 13.2. The van der Waals surface area contributed by atoms with E-state index in [0.717, 1.165) is 44.9 Å². The molecule has 12 rings (SSSR count). The number of hydrogen-bond donors (Lipinski definition) is 0. The van der Waals surface area contributed by atoms with Crippen molar-refractivity contribution >= 4 is 31.5 Å². The third-order valence-corrected chi connectivity index (χ3v) is 12.8. The first-order valence-electron chi connectivity index (χ1n) is 19.2. The van der Waals surface area contributed by atoms with Crippen LogP contribution in [-0.4, -0.2) is 15.0 Å². The quantitative estimate of drug-likeness (QED) is 0.180. The average Bonchev–Trinajstić information content (AvgIpc) is 3.81. The molecule has 2 aromatic heterocycles. The van der Waals surface area contributed by atoms with Gasteiger partial charge in [0.05, 0.1) is 5.41 Å². The van der Waals surface area contributed by atoms with Crippen molar-refractivity contribution in [1.82, 2.24) is 15.0 Å². The zero-order chi connectivity index (χ0) is 37.5. The largest absolute Gasteiger partial charge is 0.457 e. The number of fused-ring (bicyclic) bond motifs is 12. The van der Waals surface area contributed by atoms with Crippen LogP contribution >= 0.6 is 11.3 Å². The van der Waals surface area contributed by atoms with E-state index < -0.39 is 5.41 Å². The maximum absolute atomic E-state index is 6.59. The third kappa shape index (κ3) is 4.76. The summed E-state index contributed by atoms with van der Waals surface area (Å²) in [5, 5.41) is 2.57. The first-order chi connectivity index (χ1) is 28.2. The van der Waals surface area contributed by atoms with Crippen molar-refractivity contribution < 1.29 is 4.74 Å². The molecule has 0 bridgehead atoms. The van der Waals surface area contributed by atoms with Crippen molar-refractivity contribution in [1.29, 1.82) is 0 Å². The fourth-order valence-corrected chi connectivity index (χ4v) is 10.4. The highest BCUT2D eigenvalue weighted by atomic mass is 32.1. The second-order valence-electron chi connectivity index (χ2n) is 14.7. The van der Waals surface area contributed by atoms with E-state index in [2.05, 4.69) is 158 Å². The van der Waals surface area contributed by atoms with E-state index in [4.69, 9.17) is 19.7 Å². The summed E-state index contributed by atoms with van der Waals surface area (Å²) >= 11 is 1.84. The topological polar surface area (TPSA) is 47.9 Å². The fourth-order valence-electron chi connectivity index (χ4n) is 9.14. The Morgan fingerprint density at radius 2 is 0.912 bits per heavy atom. The van der Waals surface area contributed by atoms with Crippen molar-refractivity contribution in [2.75, 3.05) is 0 Å². The summed E-state index contributed by atoms with van der Waals surface area (Å²) in [5.41, 5.74) is 11.6. The number of ether oxygens (including phenoxy) is 1. The molecule has 3 heterocycles. The molecule has 0 atom stereocenters. The summed E-state index contributed by atoms with van der Waals surface area (Å²) in [7, 11) is 0. The minimum atomic E-state index is -0.590. The van der Waals surface area contributed by atoms with Crippen molar-refractivity contribution in [2.24, 2.45) is 0 Å². The van der Waals surface area contributed by atoms with Crippen LogP contribution in [0.2, 0.25) is 0 Å². The van der Waals surface area contributed by atoms with E-state index in [-0.39, 0.29) is 0 Å². The molecule has 2 aliphatic rings. The molecule has 10 aromatic rings. The zero-order valence-electron chi connectivity index (χ0n) is 30.6. The molecule has 4 nitrogen and oxygen atoms in total. The number of aromatic nitrogens is 3. The second kappa shape index (κ2) is 12.4. The van der Waals surface area contributed by atoms with Gasteiger partial charge in [-0.15, -0.1) is 11.3 Å². The maximum Gasteiger partial charge on any atom is 0.164 e. The Morgan fingerprint density at radius 1 is 0.368 bits per heavy atom. The van der Waals surface area contributed by atoms with Gasteiger partial charge in [-0.2, -0.15) is 0 Å². The minimum absolute atomic E-state index is 0.590. The molecule has 0 saturated heterocycles. The summed E-state index contributed by atoms with van der Waals surface area (Å²) in [5.74, 6) is 3.62. The predicted molar refractivity (Wildman–Crippen MR) is 232 cm³/mol. The maximum atomic E-state index is 6.59. The molecule has 1 aliphatic heterocycles. The first kappa shape index (κ1) is 32.1. The lowest BCUT2D eigenvalue weighted by Crippen LogP contribution is -2.32. The van der Waals surface area contributed by atoms with Crippen molar-refractivity contribution in [2.45, 2.75) is 5.41 Å². The lowest BCUT2D eigenvalue weighted by molar-refractivity contribution is 0.436. The van der Waals surface area contributed by atoms with Crippen LogP contribution < -0.4 is 4.74 Å². The van der Waals surface area contributed by atoms with Crippen LogP contribution in [0, 0.1) is 0 Å². The molecule has 1 aliphatic carbocycles. The number of hydrogen-bond acceptors (Lipinski definition) is 5. The molecule has 5 heteroatoms. The average molecular weight is 746 g/mol. The van der Waals surface area contributed by atoms with Gasteiger partial charge in [-0.25, -0.2) is 15.0 Å². The number of thiophene rings is 1. The van der Waals surface area contributed by atoms with Gasteiger partial charge in [0.15, 0.2) is 17.5 Å². The van der Waals surface area contributed by atoms with Crippen molar-refractivity contribution in [3.8, 4) is 67.9 Å². The molecule has 0 unspecified atom stereocenters. The van der Waals surface area contributed by atoms with E-state index in [1.54, 1.807) is 0 Å². The molecule has 0 saturated carbocycles. The zero-order valence-corrected chi connectivity index (χ0v) is 31.4. The number of para-hydroxylation sites is 2. The molecule has 57 heavy (non-hydrogen) atoms. The molecular weight excluding hydrogens is 715 g/mol. The van der Waals surface area contributed by atoms with Gasteiger partial charge in [-0.05, 0) is 63.7 Å². The monoisotopic (exact) mass is 745 g/mol. The van der Waals surface area contributed by atoms with E-state index in [0.29, 0.717) is 17.5 Å². The SMILES string of the molecule is c1ccc(-c2nc(-c3cccc(-c4cccc5c4sc4ccccc45)c3)nc(-c3ccc4c(c3)C3(c5ccccc5Oc5ccccc53)c3ccccc3-4)n2)cc1. The number of rotatable bonds is 4. The summed E-state index contributed by atoms with van der Waals surface area (Å²) < 4.78 is 9.16. The Kier molecular flexibility index (Phi) is 6.98. The van der Waals surface area contributed by atoms with Gasteiger partial charge in [0, 0.05) is 48.0 Å². The van der Waals surface area contributed by atoms with E-state index in [9.17, 15) is 0 Å². The summed E-state index contributed by atoms with van der Waals surface area (Å²) in [6.07, 6.45) is 0. The van der Waals surface area contributed by atoms with Gasteiger partial charge in [0.2, 0.25) is 0 Å². The minimum Gasteiger partial charge on any atom is -0.457 e. The molecule has 1 spiro atoms. The van der Waals surface area contributed by atoms with Crippen molar-refractivity contribution in [3.05, 3.63) is 210 Å². The van der Waals surface area contributed by atoms with E-state index in [1.165, 1.54) is 48.0 Å². The molecule has 266 valence electrons. The first-order valence-corrected chi connectivity index (χ1v) is 20.0. The standard InChI is InChI=1S/C52H31N3OS/c1-2-14-32(15-3-1)49-53-50(34-17-12-16-33(30-34)36-20-13-21-40-39-19-5-11-27-47(39)57-48(36)40)55-51(54-49)35-28-29-38-37-18-4-6-22-41(37)52(44(38)31-35)42-23-7-9-25-45(42)56-46-26-10-8-24-43(46)52/h1-31H. The summed E-state index contributed by atoms with van der Waals surface area (Å²) in [6, 6.07) is 66.5. The molecule has 0 fully saturated rings. The van der Waals surface area contributed by atoms with Gasteiger partial charge in [0.1, 0.15) is 11.5 Å². The van der Waals surface area contributed by atoms with Crippen LogP contribution in [0.25, 0.3) is 76.6 Å². The molecule has 0 amide bonds. The van der Waals surface area contributed by atoms with Gasteiger partial charge in [-0.1, -0.05) is 158 Å². The van der Waals surface area contributed by atoms with Crippen LogP contribution in [0.15, 0.2) is 188 Å². The summed E-state index contributed by atoms with van der Waals surface area (Å²) in [6.45, 7) is 0. The van der Waals surface area contributed by atoms with Crippen LogP contribution in [-0.2, 0) is 5.41 Å². The lowest BCUT2D eigenvalue weighted by Gasteiger charge is -2.39. The van der Waals surface area contributed by atoms with Gasteiger partial charge >= 0.3 is 0 Å². The number of nitrogens with zero attached hydrogens (tertiary/aromatic N) is 3. The van der Waals surface area contributed by atoms with Gasteiger partial charge in [0.25, 0.3) is 0 Å². The third-order valence-electron chi connectivity index (χ3n) is 11.6. The van der Waals surface area contributed by atoms with E-state index >= 15 is 0 Å². The fraction of sp³-hybridized carbons (Fsp3) is 0.0192. The van der Waals surface area contributed by atoms with Crippen LogP contribution in [0.4, 0.5) is 0 Å². The highest BCUT2D eigenvalue weighted by molar-refractivity contribution is 7.26. The Hall–Kier alpha value is -7.21. The summed E-state index contributed by atoms with van der Waals surface area (Å²) in [4.78, 5) is 15.6. The van der Waals surface area contributed by atoms with Crippen molar-refractivity contribution in [3.63, 3.8) is 0 Å². The second-order valence-corrected chi connectivity index (χ2v) is 15.7. The van der Waals surface area contributed by atoms with E-state index in [1.807, 2.05) is 41.7 Å². The van der Waals surface area contributed by atoms with Crippen LogP contribution in [0.1, 0.15) is 22.3 Å². The Balaban J connectivity index is 1.06. The lowest BCUT2D eigenvalue weighted by atomic mass is 9.66. The molecule has 8 aromatic carbocycles. The highest BCUT2D eigenvalue weighted by Crippen LogP contribution is 2.62. The number of benzene rings is 8. The molecule has 0 radical (unpaired) electrons. The Morgan fingerprint density at radius 3 is 1.70 bits per heavy atom. The Labute approximate surface area is 333 Å². The molecular formula is C52H31N3OS. The van der Waals surface area contributed by atoms with Gasteiger partial charge in [-0.3, -0.25) is 0 Å². The molecule has 0 N–H and O–H groups in total. The highest BCUT2D eigenvalue weighted by Gasteiger charge is 2.51. The predicted octanol–water partition coefficient (Wildman–Crippen LogP) is 13.4. The van der Waals surface area contributed by atoms with Gasteiger partial charge < -0.3 is 4.74 Å². The van der Waals surface area contributed by atoms with Crippen LogP contribution in [0.3, 0.4) is 0 Å².